The van der Waals surface area contributed by atoms with Crippen LogP contribution in [0.5, 0.6) is 0 Å². The summed E-state index contributed by atoms with van der Waals surface area (Å²) in [6.45, 7) is 0. The molecule has 1 aromatic carbocycles. The zero-order valence-electron chi connectivity index (χ0n) is 13.1. The summed E-state index contributed by atoms with van der Waals surface area (Å²) < 4.78 is 1.89. The maximum Gasteiger partial charge on any atom is 0.255 e. The lowest BCUT2D eigenvalue weighted by Crippen LogP contribution is -2.12. The van der Waals surface area contributed by atoms with Crippen molar-refractivity contribution in [3.63, 3.8) is 0 Å². The molecule has 0 atom stereocenters. The van der Waals surface area contributed by atoms with E-state index in [1.807, 2.05) is 47.1 Å². The maximum atomic E-state index is 12.5. The number of pyridine rings is 2. The van der Waals surface area contributed by atoms with Gasteiger partial charge < -0.3 is 9.72 Å². The van der Waals surface area contributed by atoms with Crippen molar-refractivity contribution in [3.05, 3.63) is 83.9 Å². The topological polar surface area (TPSA) is 59.3 Å². The number of carbonyl (C=O) groups is 1. The van der Waals surface area contributed by atoms with Gasteiger partial charge in [0.15, 0.2) is 5.15 Å². The Bertz CT molecular complexity index is 1060. The molecule has 4 aromatic rings. The van der Waals surface area contributed by atoms with Crippen molar-refractivity contribution in [1.82, 2.24) is 14.4 Å². The van der Waals surface area contributed by atoms with Crippen LogP contribution in [0.3, 0.4) is 0 Å². The fraction of sp³-hybridized carbons (Fsp3) is 0. The molecule has 0 fully saturated rings. The third-order valence-corrected chi connectivity index (χ3v) is 4.10. The predicted octanol–water partition coefficient (Wildman–Crippen LogP) is 4.30. The summed E-state index contributed by atoms with van der Waals surface area (Å²) in [6.07, 6.45) is 5.32. The second kappa shape index (κ2) is 6.37. The van der Waals surface area contributed by atoms with Crippen LogP contribution in [0, 0.1) is 0 Å². The molecular weight excluding hydrogens is 336 g/mol. The first-order valence-corrected chi connectivity index (χ1v) is 8.04. The Morgan fingerprint density at radius 3 is 2.72 bits per heavy atom. The normalized spacial score (nSPS) is 10.8. The van der Waals surface area contributed by atoms with Crippen molar-refractivity contribution in [2.45, 2.75) is 0 Å². The number of halogens is 1. The monoisotopic (exact) mass is 348 g/mol. The van der Waals surface area contributed by atoms with Crippen molar-refractivity contribution in [1.29, 1.82) is 0 Å². The highest BCUT2D eigenvalue weighted by Gasteiger charge is 2.11. The molecule has 0 spiro atoms. The van der Waals surface area contributed by atoms with Crippen LogP contribution in [0.2, 0.25) is 5.15 Å². The molecular formula is C19H13ClN4O. The zero-order chi connectivity index (χ0) is 17.2. The van der Waals surface area contributed by atoms with Gasteiger partial charge >= 0.3 is 0 Å². The van der Waals surface area contributed by atoms with Crippen LogP contribution in [0.15, 0.2) is 73.2 Å². The van der Waals surface area contributed by atoms with E-state index in [1.54, 1.807) is 30.5 Å². The van der Waals surface area contributed by atoms with Gasteiger partial charge in [-0.2, -0.15) is 0 Å². The lowest BCUT2D eigenvalue weighted by molar-refractivity contribution is 0.102. The number of rotatable bonds is 3. The molecule has 0 saturated heterocycles. The number of anilines is 1. The number of fused-ring (bicyclic) bond motifs is 1. The average molecular weight is 349 g/mol. The molecule has 0 unspecified atom stereocenters. The molecule has 4 rings (SSSR count). The lowest BCUT2D eigenvalue weighted by atomic mass is 10.2. The van der Waals surface area contributed by atoms with E-state index in [1.165, 1.54) is 0 Å². The number of amides is 1. The highest BCUT2D eigenvalue weighted by Crippen LogP contribution is 2.21. The highest BCUT2D eigenvalue weighted by atomic mass is 35.5. The van der Waals surface area contributed by atoms with Crippen LogP contribution in [-0.4, -0.2) is 20.3 Å². The van der Waals surface area contributed by atoms with Crippen molar-refractivity contribution >= 4 is 28.8 Å². The molecule has 6 heteroatoms. The third kappa shape index (κ3) is 3.09. The van der Waals surface area contributed by atoms with E-state index >= 15 is 0 Å². The molecule has 3 heterocycles. The van der Waals surface area contributed by atoms with E-state index in [0.717, 1.165) is 11.3 Å². The molecule has 0 bridgehead atoms. The van der Waals surface area contributed by atoms with Crippen molar-refractivity contribution in [3.8, 4) is 11.3 Å². The summed E-state index contributed by atoms with van der Waals surface area (Å²) in [6, 6.07) is 16.8. The fourth-order valence-electron chi connectivity index (χ4n) is 2.54. The molecule has 0 radical (unpaired) electrons. The summed E-state index contributed by atoms with van der Waals surface area (Å²) in [4.78, 5) is 21.0. The highest BCUT2D eigenvalue weighted by molar-refractivity contribution is 6.32. The number of carbonyl (C=O) groups excluding carboxylic acids is 1. The van der Waals surface area contributed by atoms with E-state index < -0.39 is 0 Å². The van der Waals surface area contributed by atoms with Gasteiger partial charge in [-0.15, -0.1) is 0 Å². The summed E-state index contributed by atoms with van der Waals surface area (Å²) in [5, 5.41) is 3.01. The van der Waals surface area contributed by atoms with E-state index in [9.17, 15) is 4.79 Å². The minimum atomic E-state index is -0.262. The Balaban J connectivity index is 1.65. The second-order valence-corrected chi connectivity index (χ2v) is 5.83. The molecule has 25 heavy (non-hydrogen) atoms. The van der Waals surface area contributed by atoms with Gasteiger partial charge in [0.1, 0.15) is 5.65 Å². The first kappa shape index (κ1) is 15.4. The van der Waals surface area contributed by atoms with E-state index in [0.29, 0.717) is 16.9 Å². The van der Waals surface area contributed by atoms with Gasteiger partial charge in [0.2, 0.25) is 0 Å². The van der Waals surface area contributed by atoms with Crippen molar-refractivity contribution in [2.24, 2.45) is 0 Å². The van der Waals surface area contributed by atoms with Gasteiger partial charge in [-0.25, -0.2) is 9.97 Å². The van der Waals surface area contributed by atoms with Crippen LogP contribution < -0.4 is 5.32 Å². The van der Waals surface area contributed by atoms with Crippen LogP contribution in [0.25, 0.3) is 16.9 Å². The average Bonchev–Trinajstić information content (AvgIpc) is 3.07. The second-order valence-electron chi connectivity index (χ2n) is 5.47. The largest absolute Gasteiger partial charge is 0.319 e. The Morgan fingerprint density at radius 2 is 1.92 bits per heavy atom. The first-order valence-electron chi connectivity index (χ1n) is 7.67. The van der Waals surface area contributed by atoms with Gasteiger partial charge in [0, 0.05) is 29.7 Å². The standard InChI is InChI=1S/C19H13ClN4O/c20-18-15(7-4-9-21-18)23-19(25)14-8-10-24-12-16(22-17(24)11-14)13-5-2-1-3-6-13/h1-12H,(H,23,25). The number of hydrogen-bond acceptors (Lipinski definition) is 3. The molecule has 5 nitrogen and oxygen atoms in total. The Labute approximate surface area is 148 Å². The SMILES string of the molecule is O=C(Nc1cccnc1Cl)c1ccn2cc(-c3ccccc3)nc2c1. The number of nitrogens with one attached hydrogen (secondary N) is 1. The number of nitrogens with zero attached hydrogens (tertiary/aromatic N) is 3. The minimum Gasteiger partial charge on any atom is -0.319 e. The van der Waals surface area contributed by atoms with Gasteiger partial charge in [0.25, 0.3) is 5.91 Å². The quantitative estimate of drug-likeness (QED) is 0.561. The van der Waals surface area contributed by atoms with Gasteiger partial charge in [-0.3, -0.25) is 4.79 Å². The lowest BCUT2D eigenvalue weighted by Gasteiger charge is -2.06. The number of hydrogen-bond donors (Lipinski definition) is 1. The molecule has 0 aliphatic rings. The minimum absolute atomic E-state index is 0.254. The molecule has 122 valence electrons. The number of aromatic nitrogens is 3. The molecule has 0 saturated carbocycles. The summed E-state index contributed by atoms with van der Waals surface area (Å²) in [7, 11) is 0. The first-order chi connectivity index (χ1) is 12.2. The molecule has 1 N–H and O–H groups in total. The van der Waals surface area contributed by atoms with Crippen molar-refractivity contribution < 1.29 is 4.79 Å². The van der Waals surface area contributed by atoms with Crippen molar-refractivity contribution in [2.75, 3.05) is 5.32 Å². The van der Waals surface area contributed by atoms with Gasteiger partial charge in [-0.1, -0.05) is 41.9 Å². The van der Waals surface area contributed by atoms with E-state index in [2.05, 4.69) is 15.3 Å². The maximum absolute atomic E-state index is 12.5. The smallest absolute Gasteiger partial charge is 0.255 e. The molecule has 3 aromatic heterocycles. The van der Waals surface area contributed by atoms with E-state index in [-0.39, 0.29) is 11.1 Å². The van der Waals surface area contributed by atoms with Crippen LogP contribution in [0.1, 0.15) is 10.4 Å². The third-order valence-electron chi connectivity index (χ3n) is 3.80. The fourth-order valence-corrected chi connectivity index (χ4v) is 2.71. The molecule has 0 aliphatic heterocycles. The Hall–Kier alpha value is -3.18. The van der Waals surface area contributed by atoms with Crippen LogP contribution >= 0.6 is 11.6 Å². The number of imidazole rings is 1. The summed E-state index contributed by atoms with van der Waals surface area (Å²) >= 11 is 5.98. The van der Waals surface area contributed by atoms with Crippen LogP contribution in [0.4, 0.5) is 5.69 Å². The summed E-state index contributed by atoms with van der Waals surface area (Å²) in [5.74, 6) is -0.262. The molecule has 0 aliphatic carbocycles. The van der Waals surface area contributed by atoms with Gasteiger partial charge in [-0.05, 0) is 24.3 Å². The number of benzene rings is 1. The van der Waals surface area contributed by atoms with Gasteiger partial charge in [0.05, 0.1) is 11.4 Å². The molecule has 1 amide bonds. The van der Waals surface area contributed by atoms with Crippen LogP contribution in [-0.2, 0) is 0 Å². The zero-order valence-corrected chi connectivity index (χ0v) is 13.8. The Morgan fingerprint density at radius 1 is 1.08 bits per heavy atom. The Kier molecular flexibility index (Phi) is 3.91. The van der Waals surface area contributed by atoms with E-state index in [4.69, 9.17) is 11.6 Å². The summed E-state index contributed by atoms with van der Waals surface area (Å²) in [5.41, 5.74) is 3.55. The predicted molar refractivity (Wildman–Crippen MR) is 97.8 cm³/mol.